The molecule has 1 aromatic rings. The second-order valence-electron chi connectivity index (χ2n) is 9.27. The summed E-state index contributed by atoms with van der Waals surface area (Å²) in [5, 5.41) is 8.84. The Morgan fingerprint density at radius 1 is 1.07 bits per heavy atom. The molecule has 1 aromatic carbocycles. The van der Waals surface area contributed by atoms with Crippen molar-refractivity contribution in [2.45, 2.75) is 44.9 Å². The Kier molecular flexibility index (Phi) is 5.84. The Morgan fingerprint density at radius 3 is 2.56 bits per heavy atom. The summed E-state index contributed by atoms with van der Waals surface area (Å²) in [6.45, 7) is 7.35. The fourth-order valence-electron chi connectivity index (χ4n) is 5.38. The van der Waals surface area contributed by atoms with Gasteiger partial charge in [0.05, 0.1) is 0 Å². The summed E-state index contributed by atoms with van der Waals surface area (Å²) in [5.74, 6) is 1.10. The van der Waals surface area contributed by atoms with Crippen LogP contribution < -0.4 is 0 Å². The predicted octanol–water partition coefficient (Wildman–Crippen LogP) is 3.52. The third-order valence-electron chi connectivity index (χ3n) is 6.98. The highest BCUT2D eigenvalue weighted by Gasteiger charge is 2.51. The Balaban J connectivity index is 1.35. The van der Waals surface area contributed by atoms with Crippen LogP contribution in [-0.4, -0.2) is 60.1 Å². The maximum Gasteiger partial charge on any atom is 0.303 e. The molecule has 2 unspecified atom stereocenters. The van der Waals surface area contributed by atoms with Crippen LogP contribution in [0.1, 0.15) is 44.1 Å². The molecular weight excluding hydrogens is 336 g/mol. The van der Waals surface area contributed by atoms with Gasteiger partial charge < -0.3 is 14.9 Å². The van der Waals surface area contributed by atoms with Gasteiger partial charge in [-0.3, -0.25) is 4.79 Å². The van der Waals surface area contributed by atoms with Crippen molar-refractivity contribution in [3.63, 3.8) is 0 Å². The summed E-state index contributed by atoms with van der Waals surface area (Å²) >= 11 is 0. The molecule has 2 saturated heterocycles. The molecule has 148 valence electrons. The van der Waals surface area contributed by atoms with E-state index in [1.807, 2.05) is 0 Å². The van der Waals surface area contributed by atoms with Crippen molar-refractivity contribution < 1.29 is 9.90 Å². The first-order valence-corrected chi connectivity index (χ1v) is 10.8. The highest BCUT2D eigenvalue weighted by Crippen LogP contribution is 2.47. The molecule has 3 fully saturated rings. The summed E-state index contributed by atoms with van der Waals surface area (Å²) in [6.07, 6.45) is 7.48. The van der Waals surface area contributed by atoms with Gasteiger partial charge in [0.1, 0.15) is 0 Å². The van der Waals surface area contributed by atoms with Crippen LogP contribution in [0.4, 0.5) is 0 Å². The van der Waals surface area contributed by atoms with Crippen LogP contribution in [0.3, 0.4) is 0 Å². The van der Waals surface area contributed by atoms with Crippen molar-refractivity contribution in [3.05, 3.63) is 35.9 Å². The lowest BCUT2D eigenvalue weighted by Gasteiger charge is -2.30. The van der Waals surface area contributed by atoms with Gasteiger partial charge in [-0.2, -0.15) is 0 Å². The number of aliphatic carboxylic acids is 1. The van der Waals surface area contributed by atoms with Crippen molar-refractivity contribution in [2.24, 2.45) is 17.3 Å². The average Bonchev–Trinajstić information content (AvgIpc) is 3.31. The molecule has 1 aliphatic carbocycles. The van der Waals surface area contributed by atoms with Gasteiger partial charge in [-0.15, -0.1) is 0 Å². The van der Waals surface area contributed by atoms with Gasteiger partial charge in [-0.25, -0.2) is 0 Å². The maximum absolute atomic E-state index is 10.7. The van der Waals surface area contributed by atoms with Crippen LogP contribution in [0.15, 0.2) is 30.3 Å². The van der Waals surface area contributed by atoms with E-state index in [1.54, 1.807) is 0 Å². The molecule has 3 aliphatic rings. The normalized spacial score (nSPS) is 28.5. The zero-order valence-corrected chi connectivity index (χ0v) is 16.5. The third kappa shape index (κ3) is 4.91. The molecule has 4 rings (SSSR count). The highest BCUT2D eigenvalue weighted by atomic mass is 16.4. The van der Waals surface area contributed by atoms with Crippen LogP contribution in [0.5, 0.6) is 0 Å². The standard InChI is InChI=1S/C23H34N2O2/c26-22(27)8-4-5-13-24-15-21-16-25(14-20-9-10-20)18-23(21,17-24)12-11-19-6-2-1-3-7-19/h1-3,6-7,20-21H,4-5,8-18H2,(H,26,27). The number of hydrogen-bond acceptors (Lipinski definition) is 3. The van der Waals surface area contributed by atoms with Crippen LogP contribution in [0.25, 0.3) is 0 Å². The van der Waals surface area contributed by atoms with Crippen LogP contribution in [0.2, 0.25) is 0 Å². The van der Waals surface area contributed by atoms with Gasteiger partial charge in [-0.05, 0) is 62.5 Å². The van der Waals surface area contributed by atoms with Gasteiger partial charge in [0.25, 0.3) is 0 Å². The van der Waals surface area contributed by atoms with E-state index >= 15 is 0 Å². The number of unbranched alkanes of at least 4 members (excludes halogenated alkanes) is 1. The van der Waals surface area contributed by atoms with Crippen LogP contribution in [-0.2, 0) is 11.2 Å². The van der Waals surface area contributed by atoms with Crippen molar-refractivity contribution in [2.75, 3.05) is 39.3 Å². The van der Waals surface area contributed by atoms with Crippen LogP contribution >= 0.6 is 0 Å². The first-order chi connectivity index (χ1) is 13.1. The number of aryl methyl sites for hydroxylation is 1. The van der Waals surface area contributed by atoms with Crippen molar-refractivity contribution in [3.8, 4) is 0 Å². The first-order valence-electron chi connectivity index (χ1n) is 10.8. The fourth-order valence-corrected chi connectivity index (χ4v) is 5.38. The first kappa shape index (κ1) is 18.9. The summed E-state index contributed by atoms with van der Waals surface area (Å²) in [5.41, 5.74) is 1.91. The zero-order valence-electron chi connectivity index (χ0n) is 16.5. The SMILES string of the molecule is O=C(O)CCCCN1CC2CN(CC3CC3)CC2(CCc2ccccc2)C1. The zero-order chi connectivity index (χ0) is 18.7. The number of carboxylic acid groups (broad SMARTS) is 1. The summed E-state index contributed by atoms with van der Waals surface area (Å²) in [7, 11) is 0. The summed E-state index contributed by atoms with van der Waals surface area (Å²) in [6, 6.07) is 10.9. The Labute approximate surface area is 163 Å². The van der Waals surface area contributed by atoms with E-state index in [9.17, 15) is 4.79 Å². The topological polar surface area (TPSA) is 43.8 Å². The molecule has 4 heteroatoms. The predicted molar refractivity (Wildman–Crippen MR) is 108 cm³/mol. The van der Waals surface area contributed by atoms with Gasteiger partial charge in [0.2, 0.25) is 0 Å². The molecule has 0 spiro atoms. The lowest BCUT2D eigenvalue weighted by molar-refractivity contribution is -0.137. The van der Waals surface area contributed by atoms with Crippen molar-refractivity contribution >= 4 is 5.97 Å². The number of carbonyl (C=O) groups is 1. The molecule has 2 aliphatic heterocycles. The molecule has 0 aromatic heterocycles. The number of benzene rings is 1. The third-order valence-corrected chi connectivity index (χ3v) is 6.98. The van der Waals surface area contributed by atoms with E-state index in [4.69, 9.17) is 5.11 Å². The van der Waals surface area contributed by atoms with E-state index < -0.39 is 5.97 Å². The van der Waals surface area contributed by atoms with Gasteiger partial charge in [0, 0.05) is 44.6 Å². The molecule has 1 saturated carbocycles. The quantitative estimate of drug-likeness (QED) is 0.640. The second-order valence-corrected chi connectivity index (χ2v) is 9.27. The maximum atomic E-state index is 10.7. The van der Waals surface area contributed by atoms with Gasteiger partial charge in [-0.1, -0.05) is 30.3 Å². The molecule has 0 bridgehead atoms. The molecule has 1 N–H and O–H groups in total. The minimum Gasteiger partial charge on any atom is -0.481 e. The van der Waals surface area contributed by atoms with E-state index in [-0.39, 0.29) is 0 Å². The van der Waals surface area contributed by atoms with Gasteiger partial charge >= 0.3 is 5.97 Å². The van der Waals surface area contributed by atoms with Crippen molar-refractivity contribution in [1.29, 1.82) is 0 Å². The van der Waals surface area contributed by atoms with E-state index in [2.05, 4.69) is 40.1 Å². The molecule has 4 nitrogen and oxygen atoms in total. The van der Waals surface area contributed by atoms with Gasteiger partial charge in [0.15, 0.2) is 0 Å². The summed E-state index contributed by atoms with van der Waals surface area (Å²) in [4.78, 5) is 16.1. The van der Waals surface area contributed by atoms with Crippen LogP contribution in [0, 0.1) is 17.3 Å². The molecule has 0 amide bonds. The molecule has 2 heterocycles. The number of likely N-dealkylation sites (tertiary alicyclic amines) is 2. The Bertz CT molecular complexity index is 631. The minimum absolute atomic E-state index is 0.311. The number of hydrogen-bond donors (Lipinski definition) is 1. The lowest BCUT2D eigenvalue weighted by atomic mass is 9.76. The van der Waals surface area contributed by atoms with Crippen molar-refractivity contribution in [1.82, 2.24) is 9.80 Å². The fraction of sp³-hybridized carbons (Fsp3) is 0.696. The smallest absolute Gasteiger partial charge is 0.303 e. The molecule has 2 atom stereocenters. The minimum atomic E-state index is -0.664. The lowest BCUT2D eigenvalue weighted by Crippen LogP contribution is -2.35. The highest BCUT2D eigenvalue weighted by molar-refractivity contribution is 5.66. The number of nitrogens with zero attached hydrogens (tertiary/aromatic N) is 2. The van der Waals surface area contributed by atoms with E-state index in [0.717, 1.165) is 31.2 Å². The molecule has 0 radical (unpaired) electrons. The largest absolute Gasteiger partial charge is 0.481 e. The number of fused-ring (bicyclic) bond motifs is 1. The van der Waals surface area contributed by atoms with E-state index in [0.29, 0.717) is 11.8 Å². The number of carboxylic acids is 1. The Morgan fingerprint density at radius 2 is 1.81 bits per heavy atom. The molecule has 27 heavy (non-hydrogen) atoms. The summed E-state index contributed by atoms with van der Waals surface area (Å²) < 4.78 is 0. The second kappa shape index (κ2) is 8.32. The molecular formula is C23H34N2O2. The Hall–Kier alpha value is -1.39. The monoisotopic (exact) mass is 370 g/mol. The number of rotatable bonds is 10. The van der Waals surface area contributed by atoms with E-state index in [1.165, 1.54) is 64.0 Å². The average molecular weight is 371 g/mol.